The molecular formula is C13H22N4O2S. The third-order valence-electron chi connectivity index (χ3n) is 3.51. The smallest absolute Gasteiger partial charge is 0.313 e. The Hall–Kier alpha value is -1.24. The van der Waals surface area contributed by atoms with E-state index >= 15 is 0 Å². The van der Waals surface area contributed by atoms with Gasteiger partial charge in [0.2, 0.25) is 5.95 Å². The van der Waals surface area contributed by atoms with E-state index in [1.165, 1.54) is 11.8 Å². The van der Waals surface area contributed by atoms with Crippen molar-refractivity contribution in [2.24, 2.45) is 5.92 Å². The molecule has 0 aromatic carbocycles. The van der Waals surface area contributed by atoms with Gasteiger partial charge in [-0.15, -0.1) is 10.2 Å². The number of anilines is 1. The van der Waals surface area contributed by atoms with Gasteiger partial charge in [-0.2, -0.15) is 0 Å². The average Bonchev–Trinajstić information content (AvgIpc) is 3.15. The van der Waals surface area contributed by atoms with Crippen LogP contribution in [0.2, 0.25) is 0 Å². The van der Waals surface area contributed by atoms with Crippen molar-refractivity contribution in [3.05, 3.63) is 0 Å². The number of carboxylic acid groups (broad SMARTS) is 1. The summed E-state index contributed by atoms with van der Waals surface area (Å²) in [7, 11) is 2.03. The molecule has 6 nitrogen and oxygen atoms in total. The van der Waals surface area contributed by atoms with Gasteiger partial charge in [-0.1, -0.05) is 32.0 Å². The van der Waals surface area contributed by atoms with Crippen molar-refractivity contribution in [1.82, 2.24) is 14.8 Å². The zero-order valence-electron chi connectivity index (χ0n) is 12.2. The molecule has 1 N–H and O–H groups in total. The molecule has 0 bridgehead atoms. The molecule has 2 rings (SSSR count). The van der Waals surface area contributed by atoms with Crippen LogP contribution in [0.25, 0.3) is 0 Å². The Morgan fingerprint density at radius 3 is 2.80 bits per heavy atom. The normalized spacial score (nSPS) is 16.1. The second kappa shape index (κ2) is 6.47. The molecule has 1 aliphatic rings. The lowest BCUT2D eigenvalue weighted by Gasteiger charge is -2.22. The standard InChI is InChI=1S/C13H22N4O2S/c1-4-9(2)7-16(3)12-14-15-13(20-8-11(18)19)17(12)10-5-6-10/h9-10H,4-8H2,1-3H3,(H,18,19). The van der Waals surface area contributed by atoms with Crippen LogP contribution in [0.1, 0.15) is 39.2 Å². The van der Waals surface area contributed by atoms with E-state index in [0.717, 1.165) is 36.9 Å². The highest BCUT2D eigenvalue weighted by Crippen LogP contribution is 2.40. The van der Waals surface area contributed by atoms with Crippen molar-refractivity contribution in [3.63, 3.8) is 0 Å². The van der Waals surface area contributed by atoms with E-state index in [1.807, 2.05) is 7.05 Å². The van der Waals surface area contributed by atoms with Crippen LogP contribution in [-0.2, 0) is 4.79 Å². The highest BCUT2D eigenvalue weighted by atomic mass is 32.2. The van der Waals surface area contributed by atoms with Crippen LogP contribution in [0.5, 0.6) is 0 Å². The lowest BCUT2D eigenvalue weighted by Crippen LogP contribution is -2.26. The number of nitrogens with zero attached hydrogens (tertiary/aromatic N) is 4. The third-order valence-corrected chi connectivity index (χ3v) is 4.44. The zero-order valence-corrected chi connectivity index (χ0v) is 13.1. The van der Waals surface area contributed by atoms with E-state index < -0.39 is 5.97 Å². The second-order valence-corrected chi connectivity index (χ2v) is 6.40. The number of hydrogen-bond acceptors (Lipinski definition) is 5. The first kappa shape index (κ1) is 15.2. The minimum Gasteiger partial charge on any atom is -0.481 e. The summed E-state index contributed by atoms with van der Waals surface area (Å²) in [5.74, 6) is 0.662. The lowest BCUT2D eigenvalue weighted by atomic mass is 10.1. The number of rotatable bonds is 8. The molecule has 1 aliphatic carbocycles. The Morgan fingerprint density at radius 2 is 2.25 bits per heavy atom. The third kappa shape index (κ3) is 3.65. The maximum absolute atomic E-state index is 10.7. The number of aromatic nitrogens is 3. The largest absolute Gasteiger partial charge is 0.481 e. The number of thioether (sulfide) groups is 1. The van der Waals surface area contributed by atoms with Gasteiger partial charge in [0, 0.05) is 19.6 Å². The van der Waals surface area contributed by atoms with Gasteiger partial charge in [0.25, 0.3) is 0 Å². The Morgan fingerprint density at radius 1 is 1.55 bits per heavy atom. The molecule has 1 saturated carbocycles. The summed E-state index contributed by atoms with van der Waals surface area (Å²) in [6.45, 7) is 5.33. The molecule has 0 aliphatic heterocycles. The van der Waals surface area contributed by atoms with Gasteiger partial charge in [0.05, 0.1) is 5.75 Å². The van der Waals surface area contributed by atoms with Crippen LogP contribution in [0.15, 0.2) is 5.16 Å². The summed E-state index contributed by atoms with van der Waals surface area (Å²) in [4.78, 5) is 12.8. The van der Waals surface area contributed by atoms with Crippen LogP contribution >= 0.6 is 11.8 Å². The molecule has 0 saturated heterocycles. The fourth-order valence-electron chi connectivity index (χ4n) is 2.08. The Labute approximate surface area is 123 Å². The van der Waals surface area contributed by atoms with E-state index in [0.29, 0.717) is 12.0 Å². The van der Waals surface area contributed by atoms with Crippen molar-refractivity contribution in [3.8, 4) is 0 Å². The van der Waals surface area contributed by atoms with Crippen molar-refractivity contribution >= 4 is 23.7 Å². The zero-order chi connectivity index (χ0) is 14.7. The summed E-state index contributed by atoms with van der Waals surface area (Å²) in [6, 6.07) is 0.440. The maximum atomic E-state index is 10.7. The van der Waals surface area contributed by atoms with E-state index in [4.69, 9.17) is 5.11 Å². The van der Waals surface area contributed by atoms with Crippen LogP contribution in [0, 0.1) is 5.92 Å². The predicted molar refractivity (Wildman–Crippen MR) is 79.4 cm³/mol. The molecule has 1 heterocycles. The lowest BCUT2D eigenvalue weighted by molar-refractivity contribution is -0.133. The van der Waals surface area contributed by atoms with Crippen LogP contribution < -0.4 is 4.90 Å². The Bertz CT molecular complexity index is 473. The number of aliphatic carboxylic acids is 1. The number of carbonyl (C=O) groups is 1. The molecule has 1 aromatic heterocycles. The molecular weight excluding hydrogens is 276 g/mol. The molecule has 7 heteroatoms. The predicted octanol–water partition coefficient (Wildman–Crippen LogP) is 2.27. The van der Waals surface area contributed by atoms with Crippen molar-refractivity contribution in [1.29, 1.82) is 0 Å². The fourth-order valence-corrected chi connectivity index (χ4v) is 2.81. The Kier molecular flexibility index (Phi) is 4.91. The van der Waals surface area contributed by atoms with Crippen LogP contribution in [0.3, 0.4) is 0 Å². The molecule has 1 atom stereocenters. The fraction of sp³-hybridized carbons (Fsp3) is 0.769. The van der Waals surface area contributed by atoms with Crippen molar-refractivity contribution < 1.29 is 9.90 Å². The summed E-state index contributed by atoms with van der Waals surface area (Å²) in [5.41, 5.74) is 0. The molecule has 1 fully saturated rings. The minimum absolute atomic E-state index is 0.0277. The molecule has 0 spiro atoms. The van der Waals surface area contributed by atoms with Crippen LogP contribution in [0.4, 0.5) is 5.95 Å². The average molecular weight is 298 g/mol. The van der Waals surface area contributed by atoms with Gasteiger partial charge in [-0.05, 0) is 18.8 Å². The van der Waals surface area contributed by atoms with Gasteiger partial charge in [0.15, 0.2) is 5.16 Å². The van der Waals surface area contributed by atoms with Gasteiger partial charge in [0.1, 0.15) is 0 Å². The quantitative estimate of drug-likeness (QED) is 0.742. The topological polar surface area (TPSA) is 71.2 Å². The minimum atomic E-state index is -0.824. The highest BCUT2D eigenvalue weighted by Gasteiger charge is 2.31. The summed E-state index contributed by atoms with van der Waals surface area (Å²) in [5, 5.41) is 18.0. The first-order valence-corrected chi connectivity index (χ1v) is 8.02. The molecule has 0 radical (unpaired) electrons. The SMILES string of the molecule is CCC(C)CN(C)c1nnc(SCC(=O)O)n1C1CC1. The van der Waals surface area contributed by atoms with Gasteiger partial charge < -0.3 is 10.0 Å². The highest BCUT2D eigenvalue weighted by molar-refractivity contribution is 7.99. The van der Waals surface area contributed by atoms with E-state index in [-0.39, 0.29) is 5.75 Å². The van der Waals surface area contributed by atoms with E-state index in [9.17, 15) is 4.79 Å². The molecule has 1 aromatic rings. The first-order valence-electron chi connectivity index (χ1n) is 7.03. The first-order chi connectivity index (χ1) is 9.52. The summed E-state index contributed by atoms with van der Waals surface area (Å²) < 4.78 is 2.11. The van der Waals surface area contributed by atoms with Crippen molar-refractivity contribution in [2.75, 3.05) is 24.2 Å². The van der Waals surface area contributed by atoms with Gasteiger partial charge >= 0.3 is 5.97 Å². The molecule has 20 heavy (non-hydrogen) atoms. The van der Waals surface area contributed by atoms with Gasteiger partial charge in [-0.25, -0.2) is 0 Å². The van der Waals surface area contributed by atoms with E-state index in [2.05, 4.69) is 33.5 Å². The monoisotopic (exact) mass is 298 g/mol. The maximum Gasteiger partial charge on any atom is 0.313 e. The van der Waals surface area contributed by atoms with E-state index in [1.54, 1.807) is 0 Å². The van der Waals surface area contributed by atoms with Crippen LogP contribution in [-0.4, -0.2) is 45.2 Å². The second-order valence-electron chi connectivity index (χ2n) is 5.46. The molecule has 1 unspecified atom stereocenters. The summed E-state index contributed by atoms with van der Waals surface area (Å²) in [6.07, 6.45) is 3.38. The molecule has 0 amide bonds. The van der Waals surface area contributed by atoms with Gasteiger partial charge in [-0.3, -0.25) is 9.36 Å². The molecule has 112 valence electrons. The summed E-state index contributed by atoms with van der Waals surface area (Å²) >= 11 is 1.25. The number of carboxylic acids is 1. The number of hydrogen-bond donors (Lipinski definition) is 1. The Balaban J connectivity index is 2.14. The van der Waals surface area contributed by atoms with Crippen molar-refractivity contribution in [2.45, 2.75) is 44.3 Å².